The van der Waals surface area contributed by atoms with Crippen LogP contribution in [0.5, 0.6) is 0 Å². The minimum absolute atomic E-state index is 0.0431. The molecule has 2 heterocycles. The number of rotatable bonds is 5. The largest absolute Gasteiger partial charge is 0.397 e. The quantitative estimate of drug-likeness (QED) is 0.804. The van der Waals surface area contributed by atoms with E-state index in [0.29, 0.717) is 10.6 Å². The van der Waals surface area contributed by atoms with Crippen LogP contribution in [0.25, 0.3) is 0 Å². The highest BCUT2D eigenvalue weighted by molar-refractivity contribution is 7.18. The van der Waals surface area contributed by atoms with Crippen LogP contribution in [0.15, 0.2) is 6.07 Å². The maximum Gasteiger partial charge on any atom is 0.171 e. The number of likely N-dealkylation sites (tertiary alicyclic amines) is 1. The fourth-order valence-electron chi connectivity index (χ4n) is 2.29. The number of ketones is 1. The summed E-state index contributed by atoms with van der Waals surface area (Å²) in [4.78, 5) is 14.4. The van der Waals surface area contributed by atoms with Crippen molar-refractivity contribution < 1.29 is 4.79 Å². The van der Waals surface area contributed by atoms with Gasteiger partial charge in [-0.15, -0.1) is 11.3 Å². The Morgan fingerprint density at radius 1 is 1.44 bits per heavy atom. The van der Waals surface area contributed by atoms with E-state index < -0.39 is 0 Å². The Morgan fingerprint density at radius 3 is 2.78 bits per heavy atom. The number of hydrogen-bond donors (Lipinski definition) is 2. The molecule has 1 aromatic heterocycles. The normalized spacial score (nSPS) is 16.7. The molecule has 0 aliphatic carbocycles. The van der Waals surface area contributed by atoms with Gasteiger partial charge in [-0.1, -0.05) is 6.42 Å². The molecule has 0 radical (unpaired) electrons. The van der Waals surface area contributed by atoms with Gasteiger partial charge in [0.1, 0.15) is 0 Å². The third kappa shape index (κ3) is 3.46. The van der Waals surface area contributed by atoms with E-state index in [4.69, 9.17) is 5.73 Å². The Kier molecular flexibility index (Phi) is 4.60. The molecule has 3 N–H and O–H groups in total. The molecule has 0 saturated carbocycles. The number of thiophene rings is 1. The van der Waals surface area contributed by atoms with E-state index in [1.54, 1.807) is 6.92 Å². The van der Waals surface area contributed by atoms with Crippen LogP contribution in [0, 0.1) is 0 Å². The van der Waals surface area contributed by atoms with Crippen LogP contribution in [0.1, 0.15) is 35.9 Å². The summed E-state index contributed by atoms with van der Waals surface area (Å²) in [5.74, 6) is 0.0431. The summed E-state index contributed by atoms with van der Waals surface area (Å²) in [7, 11) is 0. The lowest BCUT2D eigenvalue weighted by atomic mass is 10.1. The van der Waals surface area contributed by atoms with Crippen molar-refractivity contribution in [1.82, 2.24) is 4.90 Å². The van der Waals surface area contributed by atoms with Gasteiger partial charge in [-0.25, -0.2) is 0 Å². The number of nitrogens with one attached hydrogen (secondary N) is 1. The van der Waals surface area contributed by atoms with Crippen molar-refractivity contribution in [2.75, 3.05) is 37.2 Å². The minimum atomic E-state index is 0.0431. The van der Waals surface area contributed by atoms with Gasteiger partial charge in [0.25, 0.3) is 0 Å². The SMILES string of the molecule is CC(=O)c1sc(NCCN2CCCCC2)cc1N. The number of nitrogens with zero attached hydrogens (tertiary/aromatic N) is 1. The number of nitrogen functional groups attached to an aromatic ring is 1. The minimum Gasteiger partial charge on any atom is -0.397 e. The molecule has 4 nitrogen and oxygen atoms in total. The molecular formula is C13H21N3OS. The van der Waals surface area contributed by atoms with Crippen molar-refractivity contribution in [3.05, 3.63) is 10.9 Å². The molecule has 0 bridgehead atoms. The number of piperidine rings is 1. The van der Waals surface area contributed by atoms with Crippen molar-refractivity contribution in [3.63, 3.8) is 0 Å². The van der Waals surface area contributed by atoms with Gasteiger partial charge in [-0.05, 0) is 32.0 Å². The van der Waals surface area contributed by atoms with Gasteiger partial charge in [-0.3, -0.25) is 4.79 Å². The van der Waals surface area contributed by atoms with Gasteiger partial charge in [0, 0.05) is 20.0 Å². The zero-order valence-electron chi connectivity index (χ0n) is 10.9. The van der Waals surface area contributed by atoms with Crippen LogP contribution < -0.4 is 11.1 Å². The molecule has 0 unspecified atom stereocenters. The first-order valence-electron chi connectivity index (χ1n) is 6.53. The molecular weight excluding hydrogens is 246 g/mol. The fourth-order valence-corrected chi connectivity index (χ4v) is 3.19. The van der Waals surface area contributed by atoms with E-state index in [0.717, 1.165) is 18.1 Å². The second-order valence-corrected chi connectivity index (χ2v) is 5.83. The number of nitrogens with two attached hydrogens (primary N) is 1. The highest BCUT2D eigenvalue weighted by Crippen LogP contribution is 2.29. The Hall–Kier alpha value is -1.07. The molecule has 5 heteroatoms. The van der Waals surface area contributed by atoms with E-state index >= 15 is 0 Å². The molecule has 1 aliphatic heterocycles. The van der Waals surface area contributed by atoms with Crippen molar-refractivity contribution in [1.29, 1.82) is 0 Å². The average molecular weight is 267 g/mol. The smallest absolute Gasteiger partial charge is 0.171 e. The summed E-state index contributed by atoms with van der Waals surface area (Å²) >= 11 is 1.45. The third-order valence-electron chi connectivity index (χ3n) is 3.26. The molecule has 0 amide bonds. The molecule has 2 rings (SSSR count). The number of carbonyl (C=O) groups excluding carboxylic acids is 1. The van der Waals surface area contributed by atoms with E-state index in [-0.39, 0.29) is 5.78 Å². The van der Waals surface area contributed by atoms with Crippen LogP contribution in [0.2, 0.25) is 0 Å². The van der Waals surface area contributed by atoms with Gasteiger partial charge < -0.3 is 16.0 Å². The Bertz CT molecular complexity index is 410. The maximum absolute atomic E-state index is 11.3. The summed E-state index contributed by atoms with van der Waals surface area (Å²) in [5, 5.41) is 4.35. The van der Waals surface area contributed by atoms with E-state index in [2.05, 4.69) is 10.2 Å². The van der Waals surface area contributed by atoms with Crippen molar-refractivity contribution in [2.24, 2.45) is 0 Å². The summed E-state index contributed by atoms with van der Waals surface area (Å²) in [6, 6.07) is 1.86. The Morgan fingerprint density at radius 2 is 2.17 bits per heavy atom. The molecule has 1 fully saturated rings. The van der Waals surface area contributed by atoms with E-state index in [1.165, 1.54) is 43.7 Å². The Labute approximate surface area is 112 Å². The standard InChI is InChI=1S/C13H21N3OS/c1-10(17)13-11(14)9-12(18-13)15-5-8-16-6-3-2-4-7-16/h9,15H,2-8,14H2,1H3. The molecule has 18 heavy (non-hydrogen) atoms. The Balaban J connectivity index is 1.79. The predicted molar refractivity (Wildman–Crippen MR) is 77.5 cm³/mol. The number of hydrogen-bond acceptors (Lipinski definition) is 5. The molecule has 0 atom stereocenters. The molecule has 0 aromatic carbocycles. The van der Waals surface area contributed by atoms with Crippen LogP contribution in [-0.2, 0) is 0 Å². The van der Waals surface area contributed by atoms with Gasteiger partial charge in [0.2, 0.25) is 0 Å². The fraction of sp³-hybridized carbons (Fsp3) is 0.615. The average Bonchev–Trinajstić information content (AvgIpc) is 2.72. The number of anilines is 2. The topological polar surface area (TPSA) is 58.4 Å². The molecule has 100 valence electrons. The van der Waals surface area contributed by atoms with Gasteiger partial charge in [0.15, 0.2) is 5.78 Å². The van der Waals surface area contributed by atoms with Gasteiger partial charge in [-0.2, -0.15) is 0 Å². The predicted octanol–water partition coefficient (Wildman–Crippen LogP) is 2.43. The zero-order valence-corrected chi connectivity index (χ0v) is 11.7. The van der Waals surface area contributed by atoms with Crippen molar-refractivity contribution in [2.45, 2.75) is 26.2 Å². The molecule has 1 aromatic rings. The van der Waals surface area contributed by atoms with Gasteiger partial charge in [0.05, 0.1) is 15.6 Å². The van der Waals surface area contributed by atoms with Crippen molar-refractivity contribution in [3.8, 4) is 0 Å². The number of Topliss-reactive ketones (excluding diaryl/α,β-unsaturated/α-hetero) is 1. The van der Waals surface area contributed by atoms with E-state index in [9.17, 15) is 4.79 Å². The first-order chi connectivity index (χ1) is 8.66. The lowest BCUT2D eigenvalue weighted by molar-refractivity contribution is 0.102. The van der Waals surface area contributed by atoms with Crippen LogP contribution in [-0.4, -0.2) is 36.9 Å². The highest BCUT2D eigenvalue weighted by atomic mass is 32.1. The third-order valence-corrected chi connectivity index (χ3v) is 4.47. The summed E-state index contributed by atoms with van der Waals surface area (Å²) in [5.41, 5.74) is 6.39. The monoisotopic (exact) mass is 267 g/mol. The van der Waals surface area contributed by atoms with Gasteiger partial charge >= 0.3 is 0 Å². The molecule has 1 aliphatic rings. The van der Waals surface area contributed by atoms with E-state index in [1.807, 2.05) is 6.07 Å². The molecule has 0 spiro atoms. The van der Waals surface area contributed by atoms with Crippen LogP contribution >= 0.6 is 11.3 Å². The summed E-state index contributed by atoms with van der Waals surface area (Å²) in [6.07, 6.45) is 4.01. The van der Waals surface area contributed by atoms with Crippen LogP contribution in [0.4, 0.5) is 10.7 Å². The van der Waals surface area contributed by atoms with Crippen LogP contribution in [0.3, 0.4) is 0 Å². The first kappa shape index (κ1) is 13.4. The second-order valence-electron chi connectivity index (χ2n) is 4.78. The molecule has 1 saturated heterocycles. The lowest BCUT2D eigenvalue weighted by Gasteiger charge is -2.26. The number of carbonyl (C=O) groups is 1. The maximum atomic E-state index is 11.3. The highest BCUT2D eigenvalue weighted by Gasteiger charge is 2.11. The lowest BCUT2D eigenvalue weighted by Crippen LogP contribution is -2.33. The van der Waals surface area contributed by atoms with Crippen molar-refractivity contribution >= 4 is 27.8 Å². The second kappa shape index (κ2) is 6.20. The summed E-state index contributed by atoms with van der Waals surface area (Å²) < 4.78 is 0. The zero-order chi connectivity index (χ0) is 13.0. The first-order valence-corrected chi connectivity index (χ1v) is 7.35. The summed E-state index contributed by atoms with van der Waals surface area (Å²) in [6.45, 7) is 5.96.